The van der Waals surface area contributed by atoms with Crippen molar-refractivity contribution < 1.29 is 22.8 Å². The lowest BCUT2D eigenvalue weighted by Gasteiger charge is -2.28. The summed E-state index contributed by atoms with van der Waals surface area (Å²) in [5.41, 5.74) is 1.02. The number of pyridine rings is 1. The van der Waals surface area contributed by atoms with Crippen molar-refractivity contribution in [3.05, 3.63) is 59.7 Å². The number of aromatic nitrogens is 3. The van der Waals surface area contributed by atoms with Gasteiger partial charge in [-0.1, -0.05) is 0 Å². The van der Waals surface area contributed by atoms with Crippen LogP contribution in [0.2, 0.25) is 0 Å². The van der Waals surface area contributed by atoms with E-state index in [1.807, 2.05) is 6.07 Å². The summed E-state index contributed by atoms with van der Waals surface area (Å²) >= 11 is 0. The van der Waals surface area contributed by atoms with Gasteiger partial charge in [-0.15, -0.1) is 0 Å². The molecule has 2 amide bonds. The summed E-state index contributed by atoms with van der Waals surface area (Å²) in [6, 6.07) is 5.37. The normalized spacial score (nSPS) is 21.2. The molecule has 10 heteroatoms. The Hall–Kier alpha value is -3.43. The molecule has 5 rings (SSSR count). The number of nitrogens with zero attached hydrogens (tertiary/aromatic N) is 4. The van der Waals surface area contributed by atoms with Crippen molar-refractivity contribution in [1.29, 1.82) is 0 Å². The van der Waals surface area contributed by atoms with E-state index in [1.54, 1.807) is 17.3 Å². The zero-order valence-electron chi connectivity index (χ0n) is 17.7. The summed E-state index contributed by atoms with van der Waals surface area (Å²) in [6.07, 6.45) is 0.918. The molecule has 3 aromatic rings. The molecule has 2 aromatic heterocycles. The molecule has 0 radical (unpaired) electrons. The Labute approximate surface area is 187 Å². The van der Waals surface area contributed by atoms with Gasteiger partial charge < -0.3 is 14.8 Å². The van der Waals surface area contributed by atoms with Crippen LogP contribution in [0.5, 0.6) is 0 Å². The molecule has 0 aliphatic carbocycles. The van der Waals surface area contributed by atoms with Crippen LogP contribution < -0.4 is 0 Å². The Bertz CT molecular complexity index is 1160. The molecule has 2 aliphatic heterocycles. The van der Waals surface area contributed by atoms with Gasteiger partial charge in [0, 0.05) is 37.3 Å². The van der Waals surface area contributed by atoms with E-state index in [0.717, 1.165) is 35.4 Å². The maximum Gasteiger partial charge on any atom is 0.416 e. The van der Waals surface area contributed by atoms with Crippen LogP contribution in [0, 0.1) is 0 Å². The zero-order chi connectivity index (χ0) is 23.2. The molecule has 4 heterocycles. The highest BCUT2D eigenvalue weighted by Crippen LogP contribution is 2.31. The smallest absolute Gasteiger partial charge is 0.340 e. The van der Waals surface area contributed by atoms with Crippen molar-refractivity contribution >= 4 is 22.8 Å². The van der Waals surface area contributed by atoms with E-state index in [-0.39, 0.29) is 17.4 Å². The van der Waals surface area contributed by atoms with Crippen LogP contribution >= 0.6 is 0 Å². The van der Waals surface area contributed by atoms with Crippen LogP contribution in [0.4, 0.5) is 13.2 Å². The number of carbonyl (C=O) groups is 2. The average Bonchev–Trinajstić information content (AvgIpc) is 3.56. The summed E-state index contributed by atoms with van der Waals surface area (Å²) in [6.45, 7) is 1.48. The fourth-order valence-electron chi connectivity index (χ4n) is 4.70. The van der Waals surface area contributed by atoms with E-state index in [9.17, 15) is 22.8 Å². The van der Waals surface area contributed by atoms with Gasteiger partial charge >= 0.3 is 6.18 Å². The number of likely N-dealkylation sites (tertiary alicyclic amines) is 2. The number of aromatic amines is 1. The predicted molar refractivity (Wildman–Crippen MR) is 113 cm³/mol. The largest absolute Gasteiger partial charge is 0.416 e. The van der Waals surface area contributed by atoms with E-state index in [2.05, 4.69) is 15.0 Å². The quantitative estimate of drug-likeness (QED) is 0.652. The first-order chi connectivity index (χ1) is 15.8. The minimum Gasteiger partial charge on any atom is -0.340 e. The number of nitrogens with one attached hydrogen (secondary N) is 1. The fourth-order valence-corrected chi connectivity index (χ4v) is 4.70. The second kappa shape index (κ2) is 8.17. The van der Waals surface area contributed by atoms with Crippen LogP contribution in [-0.2, 0) is 11.0 Å². The van der Waals surface area contributed by atoms with Crippen LogP contribution in [0.15, 0.2) is 42.7 Å². The van der Waals surface area contributed by atoms with Crippen LogP contribution in [0.3, 0.4) is 0 Å². The molecule has 0 bridgehead atoms. The lowest BCUT2D eigenvalue weighted by molar-refractivity contribution is -0.137. The maximum absolute atomic E-state index is 13.3. The molecule has 33 heavy (non-hydrogen) atoms. The van der Waals surface area contributed by atoms with Crippen molar-refractivity contribution in [2.75, 3.05) is 19.6 Å². The van der Waals surface area contributed by atoms with Gasteiger partial charge in [0.25, 0.3) is 5.91 Å². The third-order valence-electron chi connectivity index (χ3n) is 6.45. The van der Waals surface area contributed by atoms with E-state index in [0.29, 0.717) is 32.5 Å². The first-order valence-electron chi connectivity index (χ1n) is 10.9. The monoisotopic (exact) mass is 457 g/mol. The summed E-state index contributed by atoms with van der Waals surface area (Å²) in [5, 5.41) is 0. The molecular formula is C23H22F3N5O2. The lowest BCUT2D eigenvalue weighted by atomic mass is 10.1. The molecule has 2 saturated heterocycles. The van der Waals surface area contributed by atoms with Gasteiger partial charge in [-0.05, 0) is 49.6 Å². The number of halogens is 3. The SMILES string of the molecule is O=C(C1CCCN1C(=O)c1ccc(C(F)(F)F)cc1)N1CCC(c2nc3ccncc3[nH]2)C1. The number of hydrogen-bond donors (Lipinski definition) is 1. The first kappa shape index (κ1) is 21.4. The molecule has 172 valence electrons. The molecule has 2 atom stereocenters. The van der Waals surface area contributed by atoms with Gasteiger partial charge in [0.2, 0.25) is 5.91 Å². The molecule has 7 nitrogen and oxygen atoms in total. The van der Waals surface area contributed by atoms with Crippen molar-refractivity contribution in [2.45, 2.75) is 37.4 Å². The van der Waals surface area contributed by atoms with Gasteiger partial charge in [-0.3, -0.25) is 14.6 Å². The number of carbonyl (C=O) groups excluding carboxylic acids is 2. The van der Waals surface area contributed by atoms with Crippen molar-refractivity contribution in [3.63, 3.8) is 0 Å². The standard InChI is InChI=1S/C23H22F3N5O2/c24-23(25,26)16-5-3-14(4-6-16)21(32)31-10-1-2-19(31)22(33)30-11-8-15(13-30)20-28-17-7-9-27-12-18(17)29-20/h3-7,9,12,15,19H,1-2,8,10-11,13H2,(H,28,29). The number of hydrogen-bond acceptors (Lipinski definition) is 4. The average molecular weight is 457 g/mol. The predicted octanol–water partition coefficient (Wildman–Crippen LogP) is 3.60. The van der Waals surface area contributed by atoms with E-state index >= 15 is 0 Å². The zero-order valence-corrected chi connectivity index (χ0v) is 17.7. The summed E-state index contributed by atoms with van der Waals surface area (Å²) in [7, 11) is 0. The van der Waals surface area contributed by atoms with Crippen LogP contribution in [0.1, 0.15) is 46.9 Å². The number of rotatable bonds is 3. The van der Waals surface area contributed by atoms with Crippen LogP contribution in [0.25, 0.3) is 11.0 Å². The molecule has 0 saturated carbocycles. The van der Waals surface area contributed by atoms with Crippen molar-refractivity contribution in [2.24, 2.45) is 0 Å². The number of alkyl halides is 3. The number of benzene rings is 1. The fraction of sp³-hybridized carbons (Fsp3) is 0.391. The topological polar surface area (TPSA) is 82.2 Å². The van der Waals surface area contributed by atoms with E-state index < -0.39 is 23.7 Å². The van der Waals surface area contributed by atoms with E-state index in [1.165, 1.54) is 17.0 Å². The van der Waals surface area contributed by atoms with Crippen molar-refractivity contribution in [1.82, 2.24) is 24.8 Å². The van der Waals surface area contributed by atoms with Gasteiger partial charge in [0.15, 0.2) is 0 Å². The highest BCUT2D eigenvalue weighted by Gasteiger charge is 2.40. The van der Waals surface area contributed by atoms with Gasteiger partial charge in [-0.2, -0.15) is 13.2 Å². The Morgan fingerprint density at radius 1 is 1.06 bits per heavy atom. The third kappa shape index (κ3) is 4.05. The number of amides is 2. The minimum absolute atomic E-state index is 0.0711. The second-order valence-electron chi connectivity index (χ2n) is 8.52. The van der Waals surface area contributed by atoms with E-state index in [4.69, 9.17) is 0 Å². The van der Waals surface area contributed by atoms with Crippen LogP contribution in [-0.4, -0.2) is 62.2 Å². The molecule has 2 unspecified atom stereocenters. The highest BCUT2D eigenvalue weighted by molar-refractivity contribution is 5.98. The molecule has 0 spiro atoms. The highest BCUT2D eigenvalue weighted by atomic mass is 19.4. The summed E-state index contributed by atoms with van der Waals surface area (Å²) in [4.78, 5) is 41.5. The molecule has 1 aromatic carbocycles. The second-order valence-corrected chi connectivity index (χ2v) is 8.52. The summed E-state index contributed by atoms with van der Waals surface area (Å²) < 4.78 is 38.5. The number of imidazole rings is 1. The Morgan fingerprint density at radius 2 is 1.85 bits per heavy atom. The molecule has 2 fully saturated rings. The first-order valence-corrected chi connectivity index (χ1v) is 10.9. The Kier molecular flexibility index (Phi) is 5.30. The van der Waals surface area contributed by atoms with Crippen molar-refractivity contribution in [3.8, 4) is 0 Å². The summed E-state index contributed by atoms with van der Waals surface area (Å²) in [5.74, 6) is 0.354. The van der Waals surface area contributed by atoms with Gasteiger partial charge in [-0.25, -0.2) is 4.98 Å². The third-order valence-corrected chi connectivity index (χ3v) is 6.45. The maximum atomic E-state index is 13.3. The number of H-pyrrole nitrogens is 1. The molecule has 1 N–H and O–H groups in total. The minimum atomic E-state index is -4.46. The molecular weight excluding hydrogens is 435 g/mol. The number of fused-ring (bicyclic) bond motifs is 1. The lowest BCUT2D eigenvalue weighted by Crippen LogP contribution is -2.47. The van der Waals surface area contributed by atoms with Gasteiger partial charge in [0.05, 0.1) is 22.8 Å². The van der Waals surface area contributed by atoms with Gasteiger partial charge in [0.1, 0.15) is 11.9 Å². The molecule has 2 aliphatic rings. The Morgan fingerprint density at radius 3 is 2.58 bits per heavy atom. The Balaban J connectivity index is 1.27.